The van der Waals surface area contributed by atoms with Gasteiger partial charge in [0.05, 0.1) is 29.7 Å². The second-order valence-corrected chi connectivity index (χ2v) is 8.20. The Morgan fingerprint density at radius 1 is 1.12 bits per heavy atom. The first-order valence-corrected chi connectivity index (χ1v) is 11.3. The smallest absolute Gasteiger partial charge is 0.412 e. The van der Waals surface area contributed by atoms with E-state index in [-0.39, 0.29) is 11.4 Å². The molecule has 9 heteroatoms. The first-order valence-electron chi connectivity index (χ1n) is 11.3. The predicted octanol–water partition coefficient (Wildman–Crippen LogP) is 4.54. The van der Waals surface area contributed by atoms with Crippen LogP contribution in [-0.4, -0.2) is 46.2 Å². The number of carboxylic acid groups (broad SMARTS) is 1. The highest BCUT2D eigenvalue weighted by Gasteiger charge is 2.14. The summed E-state index contributed by atoms with van der Waals surface area (Å²) < 4.78 is 7.07. The molecule has 0 radical (unpaired) electrons. The first kappa shape index (κ1) is 24.8. The third-order valence-corrected chi connectivity index (χ3v) is 5.65. The molecule has 0 aliphatic rings. The molecule has 0 atom stereocenters. The van der Waals surface area contributed by atoms with Gasteiger partial charge in [0.25, 0.3) is 0 Å². The molecule has 3 N–H and O–H groups in total. The van der Waals surface area contributed by atoms with Gasteiger partial charge in [-0.05, 0) is 48.9 Å². The second kappa shape index (κ2) is 11.3. The Balaban J connectivity index is 1.59. The number of alkyl carbamates (subject to hydrolysis) is 1. The van der Waals surface area contributed by atoms with Crippen molar-refractivity contribution in [3.63, 3.8) is 0 Å². The van der Waals surface area contributed by atoms with Crippen molar-refractivity contribution < 1.29 is 19.4 Å². The number of benzene rings is 2. The van der Waals surface area contributed by atoms with Crippen LogP contribution in [0.2, 0.25) is 0 Å². The number of carbonyl (C=O) groups is 2. The zero-order valence-corrected chi connectivity index (χ0v) is 19.8. The summed E-state index contributed by atoms with van der Waals surface area (Å²) in [5, 5.41) is 19.8. The highest BCUT2D eigenvalue weighted by molar-refractivity contribution is 6.04. The van der Waals surface area contributed by atoms with Crippen molar-refractivity contribution in [2.24, 2.45) is 7.05 Å². The number of aryl methyl sites for hydroxylation is 1. The van der Waals surface area contributed by atoms with Crippen molar-refractivity contribution in [3.05, 3.63) is 59.4 Å². The first-order chi connectivity index (χ1) is 16.3. The summed E-state index contributed by atoms with van der Waals surface area (Å²) in [6, 6.07) is 12.2. The lowest BCUT2D eigenvalue weighted by Crippen LogP contribution is -2.31. The van der Waals surface area contributed by atoms with Crippen LogP contribution in [-0.2, 0) is 18.3 Å². The van der Waals surface area contributed by atoms with Crippen molar-refractivity contribution in [1.82, 2.24) is 14.9 Å². The molecule has 0 aliphatic carbocycles. The quantitative estimate of drug-likeness (QED) is 0.230. The number of unbranched alkanes of at least 4 members (excludes halogenated alkanes) is 3. The number of imidazole rings is 1. The fourth-order valence-electron chi connectivity index (χ4n) is 3.61. The number of aromatic nitrogens is 2. The summed E-state index contributed by atoms with van der Waals surface area (Å²) in [4.78, 5) is 29.7. The number of ether oxygens (including phenoxy) is 1. The largest absolute Gasteiger partial charge is 0.478 e. The number of rotatable bonds is 10. The number of anilines is 1. The number of amidine groups is 1. The maximum absolute atomic E-state index is 11.9. The number of carboxylic acids is 1. The molecule has 1 amide bonds. The highest BCUT2D eigenvalue weighted by Crippen LogP contribution is 2.20. The molecular weight excluding hydrogens is 434 g/mol. The maximum atomic E-state index is 11.9. The Kier molecular flexibility index (Phi) is 8.24. The van der Waals surface area contributed by atoms with Crippen LogP contribution in [0.15, 0.2) is 42.5 Å². The van der Waals surface area contributed by atoms with Crippen LogP contribution in [0.3, 0.4) is 0 Å². The molecule has 3 rings (SSSR count). The standard InChI is InChI=1S/C25H31N5O4/c1-4-5-6-7-14-34-25(33)28-23(26)17-8-11-19(12-9-17)29(2)16-22-27-20-15-18(24(31)32)10-13-21(20)30(22)3/h8-13,15H,4-7,14,16H2,1-3H3,(H,31,32)(H2,26,28,33). The van der Waals surface area contributed by atoms with E-state index < -0.39 is 12.1 Å². The fraction of sp³-hybridized carbons (Fsp3) is 0.360. The van der Waals surface area contributed by atoms with Crippen LogP contribution >= 0.6 is 0 Å². The van der Waals surface area contributed by atoms with E-state index in [4.69, 9.17) is 10.1 Å². The van der Waals surface area contributed by atoms with Gasteiger partial charge in [0.1, 0.15) is 11.7 Å². The Bertz CT molecular complexity index is 1170. The molecule has 0 saturated heterocycles. The number of fused-ring (bicyclic) bond motifs is 1. The number of amides is 1. The molecule has 0 saturated carbocycles. The molecule has 1 aromatic heterocycles. The van der Waals surface area contributed by atoms with E-state index in [1.807, 2.05) is 35.7 Å². The minimum Gasteiger partial charge on any atom is -0.478 e. The molecule has 0 aliphatic heterocycles. The SMILES string of the molecule is CCCCCCOC(=O)NC(=N)c1ccc(N(C)Cc2nc3cc(C(=O)O)ccc3n2C)cc1. The fourth-order valence-corrected chi connectivity index (χ4v) is 3.61. The van der Waals surface area contributed by atoms with Gasteiger partial charge in [-0.1, -0.05) is 26.2 Å². The summed E-state index contributed by atoms with van der Waals surface area (Å²) in [7, 11) is 3.83. The Morgan fingerprint density at radius 3 is 2.50 bits per heavy atom. The van der Waals surface area contributed by atoms with Gasteiger partial charge < -0.3 is 19.3 Å². The molecule has 0 bridgehead atoms. The van der Waals surface area contributed by atoms with Crippen LogP contribution in [0, 0.1) is 5.41 Å². The number of hydrogen-bond donors (Lipinski definition) is 3. The van der Waals surface area contributed by atoms with Gasteiger partial charge in [-0.3, -0.25) is 10.7 Å². The predicted molar refractivity (Wildman–Crippen MR) is 132 cm³/mol. The average Bonchev–Trinajstić information content (AvgIpc) is 3.13. The van der Waals surface area contributed by atoms with Crippen LogP contribution in [0.5, 0.6) is 0 Å². The molecule has 0 spiro atoms. The zero-order valence-electron chi connectivity index (χ0n) is 19.8. The lowest BCUT2D eigenvalue weighted by atomic mass is 10.2. The van der Waals surface area contributed by atoms with Crippen molar-refractivity contribution >= 4 is 34.6 Å². The molecule has 180 valence electrons. The van der Waals surface area contributed by atoms with Gasteiger partial charge in [-0.25, -0.2) is 14.6 Å². The minimum absolute atomic E-state index is 0.0163. The third-order valence-electron chi connectivity index (χ3n) is 5.65. The van der Waals surface area contributed by atoms with E-state index >= 15 is 0 Å². The normalized spacial score (nSPS) is 10.8. The molecular formula is C25H31N5O4. The van der Waals surface area contributed by atoms with Crippen LogP contribution in [0.1, 0.15) is 54.4 Å². The number of aromatic carboxylic acids is 1. The van der Waals surface area contributed by atoms with E-state index in [0.717, 1.165) is 42.7 Å². The third kappa shape index (κ3) is 6.12. The molecule has 9 nitrogen and oxygen atoms in total. The lowest BCUT2D eigenvalue weighted by Gasteiger charge is -2.19. The monoisotopic (exact) mass is 465 g/mol. The summed E-state index contributed by atoms with van der Waals surface area (Å²) in [5.74, 6) is -0.204. The van der Waals surface area contributed by atoms with Gasteiger partial charge in [0.2, 0.25) is 0 Å². The van der Waals surface area contributed by atoms with Gasteiger partial charge in [0.15, 0.2) is 0 Å². The molecule has 0 unspecified atom stereocenters. The Hall–Kier alpha value is -3.88. The van der Waals surface area contributed by atoms with Crippen molar-refractivity contribution in [3.8, 4) is 0 Å². The molecule has 2 aromatic carbocycles. The van der Waals surface area contributed by atoms with E-state index in [2.05, 4.69) is 17.2 Å². The van der Waals surface area contributed by atoms with Gasteiger partial charge in [-0.2, -0.15) is 0 Å². The van der Waals surface area contributed by atoms with E-state index in [0.29, 0.717) is 24.2 Å². The molecule has 3 aromatic rings. The average molecular weight is 466 g/mol. The topological polar surface area (TPSA) is 121 Å². The summed E-state index contributed by atoms with van der Waals surface area (Å²) >= 11 is 0. The zero-order chi connectivity index (χ0) is 24.7. The van der Waals surface area contributed by atoms with E-state index in [1.54, 1.807) is 30.3 Å². The lowest BCUT2D eigenvalue weighted by molar-refractivity contribution is 0.0697. The molecule has 0 fully saturated rings. The summed E-state index contributed by atoms with van der Waals surface area (Å²) in [6.45, 7) is 2.98. The van der Waals surface area contributed by atoms with Crippen LogP contribution in [0.25, 0.3) is 11.0 Å². The van der Waals surface area contributed by atoms with E-state index in [1.165, 1.54) is 0 Å². The Morgan fingerprint density at radius 2 is 1.82 bits per heavy atom. The van der Waals surface area contributed by atoms with Crippen molar-refractivity contribution in [2.75, 3.05) is 18.6 Å². The minimum atomic E-state index is -0.980. The summed E-state index contributed by atoms with van der Waals surface area (Å²) in [6.07, 6.45) is 3.46. The van der Waals surface area contributed by atoms with Gasteiger partial charge in [-0.15, -0.1) is 0 Å². The number of carbonyl (C=O) groups excluding carboxylic acids is 1. The van der Waals surface area contributed by atoms with Crippen LogP contribution < -0.4 is 10.2 Å². The molecule has 34 heavy (non-hydrogen) atoms. The number of hydrogen-bond acceptors (Lipinski definition) is 6. The van der Waals surface area contributed by atoms with Crippen LogP contribution in [0.4, 0.5) is 10.5 Å². The maximum Gasteiger partial charge on any atom is 0.412 e. The van der Waals surface area contributed by atoms with Crippen molar-refractivity contribution in [2.45, 2.75) is 39.2 Å². The molecule has 1 heterocycles. The van der Waals surface area contributed by atoms with Gasteiger partial charge in [0, 0.05) is 25.3 Å². The highest BCUT2D eigenvalue weighted by atomic mass is 16.5. The second-order valence-electron chi connectivity index (χ2n) is 8.20. The Labute approximate surface area is 198 Å². The summed E-state index contributed by atoms with van der Waals surface area (Å²) in [5.41, 5.74) is 3.19. The number of nitrogens with zero attached hydrogens (tertiary/aromatic N) is 3. The van der Waals surface area contributed by atoms with Crippen molar-refractivity contribution in [1.29, 1.82) is 5.41 Å². The van der Waals surface area contributed by atoms with E-state index in [9.17, 15) is 14.7 Å². The number of nitrogens with one attached hydrogen (secondary N) is 2. The van der Waals surface area contributed by atoms with Gasteiger partial charge >= 0.3 is 12.1 Å².